The van der Waals surface area contributed by atoms with E-state index >= 15 is 0 Å². The van der Waals surface area contributed by atoms with Crippen molar-refractivity contribution in [2.45, 2.75) is 38.8 Å². The molecule has 21 heavy (non-hydrogen) atoms. The molecule has 0 spiro atoms. The summed E-state index contributed by atoms with van der Waals surface area (Å²) < 4.78 is 5.80. The minimum atomic E-state index is 0.280. The molecular weight excluding hydrogens is 264 g/mol. The summed E-state index contributed by atoms with van der Waals surface area (Å²) in [6.07, 6.45) is 2.55. The molecule has 2 aliphatic rings. The van der Waals surface area contributed by atoms with Crippen LogP contribution in [0.4, 0.5) is 0 Å². The summed E-state index contributed by atoms with van der Waals surface area (Å²) in [5.41, 5.74) is 1.21. The van der Waals surface area contributed by atoms with Gasteiger partial charge in [0.25, 0.3) is 0 Å². The zero-order valence-corrected chi connectivity index (χ0v) is 13.0. The first-order valence-corrected chi connectivity index (χ1v) is 8.06. The second kappa shape index (κ2) is 6.24. The van der Waals surface area contributed by atoms with E-state index < -0.39 is 0 Å². The first-order chi connectivity index (χ1) is 10.1. The van der Waals surface area contributed by atoms with Gasteiger partial charge < -0.3 is 15.2 Å². The molecule has 4 heteroatoms. The Hall–Kier alpha value is -1.26. The van der Waals surface area contributed by atoms with E-state index in [0.717, 1.165) is 25.4 Å². The molecule has 3 rings (SSSR count). The van der Waals surface area contributed by atoms with Crippen LogP contribution in [0.5, 0.6) is 11.5 Å². The average Bonchev–Trinajstić information content (AvgIpc) is 3.05. The van der Waals surface area contributed by atoms with Crippen LogP contribution >= 0.6 is 0 Å². The Morgan fingerprint density at radius 1 is 1.43 bits per heavy atom. The fourth-order valence-electron chi connectivity index (χ4n) is 3.48. The Bertz CT molecular complexity index is 484. The second-order valence-corrected chi connectivity index (χ2v) is 6.69. The third-order valence-corrected chi connectivity index (χ3v) is 4.41. The highest BCUT2D eigenvalue weighted by Crippen LogP contribution is 2.38. The number of hydrogen-bond acceptors (Lipinski definition) is 4. The summed E-state index contributed by atoms with van der Waals surface area (Å²) in [6.45, 7) is 8.52. The number of aromatic hydroxyl groups is 1. The molecule has 0 aliphatic carbocycles. The van der Waals surface area contributed by atoms with Gasteiger partial charge in [0.1, 0.15) is 18.1 Å². The van der Waals surface area contributed by atoms with Crippen molar-refractivity contribution in [3.05, 3.63) is 23.8 Å². The lowest BCUT2D eigenvalue weighted by atomic mass is 10.0. The summed E-state index contributed by atoms with van der Waals surface area (Å²) in [5, 5.41) is 13.2. The molecule has 1 aromatic rings. The molecule has 2 atom stereocenters. The molecule has 0 bridgehead atoms. The third kappa shape index (κ3) is 3.33. The van der Waals surface area contributed by atoms with Crippen molar-refractivity contribution < 1.29 is 9.84 Å². The Kier molecular flexibility index (Phi) is 4.36. The molecule has 2 N–H and O–H groups in total. The lowest BCUT2D eigenvalue weighted by Gasteiger charge is -2.32. The van der Waals surface area contributed by atoms with Crippen molar-refractivity contribution in [2.75, 3.05) is 26.2 Å². The van der Waals surface area contributed by atoms with Gasteiger partial charge in [-0.25, -0.2) is 0 Å². The van der Waals surface area contributed by atoms with Crippen molar-refractivity contribution in [1.29, 1.82) is 0 Å². The molecule has 1 saturated heterocycles. The van der Waals surface area contributed by atoms with E-state index in [1.807, 2.05) is 6.07 Å². The van der Waals surface area contributed by atoms with Crippen LogP contribution in [0.3, 0.4) is 0 Å². The smallest absolute Gasteiger partial charge is 0.127 e. The molecule has 1 fully saturated rings. The molecule has 0 saturated carbocycles. The SMILES string of the molecule is CC(C)CN(CC1CCCN1)C1COc2cc(O)ccc21. The van der Waals surface area contributed by atoms with Gasteiger partial charge in [-0.15, -0.1) is 0 Å². The van der Waals surface area contributed by atoms with E-state index in [-0.39, 0.29) is 5.75 Å². The molecular formula is C17H26N2O2. The molecule has 2 aliphatic heterocycles. The van der Waals surface area contributed by atoms with Crippen LogP contribution in [-0.2, 0) is 0 Å². The largest absolute Gasteiger partial charge is 0.508 e. The maximum absolute atomic E-state index is 9.59. The summed E-state index contributed by atoms with van der Waals surface area (Å²) in [4.78, 5) is 2.55. The zero-order chi connectivity index (χ0) is 14.8. The van der Waals surface area contributed by atoms with Crippen molar-refractivity contribution in [3.8, 4) is 11.5 Å². The number of phenolic OH excluding ortho intramolecular Hbond substituents is 1. The Balaban J connectivity index is 1.77. The molecule has 116 valence electrons. The molecule has 0 amide bonds. The maximum atomic E-state index is 9.59. The number of phenols is 1. The number of rotatable bonds is 5. The van der Waals surface area contributed by atoms with Crippen LogP contribution < -0.4 is 10.1 Å². The van der Waals surface area contributed by atoms with Crippen molar-refractivity contribution in [2.24, 2.45) is 5.92 Å². The summed E-state index contributed by atoms with van der Waals surface area (Å²) in [5.74, 6) is 1.75. The van der Waals surface area contributed by atoms with Crippen LogP contribution in [0, 0.1) is 5.92 Å². The molecule has 2 unspecified atom stereocenters. The van der Waals surface area contributed by atoms with Crippen molar-refractivity contribution in [1.82, 2.24) is 10.2 Å². The van der Waals surface area contributed by atoms with Crippen LogP contribution in [0.25, 0.3) is 0 Å². The highest BCUT2D eigenvalue weighted by atomic mass is 16.5. The zero-order valence-electron chi connectivity index (χ0n) is 13.0. The Morgan fingerprint density at radius 2 is 2.29 bits per heavy atom. The third-order valence-electron chi connectivity index (χ3n) is 4.41. The van der Waals surface area contributed by atoms with Crippen molar-refractivity contribution in [3.63, 3.8) is 0 Å². The van der Waals surface area contributed by atoms with Crippen LogP contribution in [0.1, 0.15) is 38.3 Å². The van der Waals surface area contributed by atoms with Gasteiger partial charge in [-0.05, 0) is 37.4 Å². The topological polar surface area (TPSA) is 44.7 Å². The highest BCUT2D eigenvalue weighted by Gasteiger charge is 2.32. The number of benzene rings is 1. The summed E-state index contributed by atoms with van der Waals surface area (Å²) in [7, 11) is 0. The van der Waals surface area contributed by atoms with Crippen molar-refractivity contribution >= 4 is 0 Å². The normalized spacial score (nSPS) is 24.6. The highest BCUT2D eigenvalue weighted by molar-refractivity contribution is 5.44. The van der Waals surface area contributed by atoms with Gasteiger partial charge >= 0.3 is 0 Å². The Morgan fingerprint density at radius 3 is 3.00 bits per heavy atom. The molecule has 1 aromatic carbocycles. The van der Waals surface area contributed by atoms with Gasteiger partial charge in [0.2, 0.25) is 0 Å². The van der Waals surface area contributed by atoms with E-state index in [1.165, 1.54) is 18.4 Å². The molecule has 0 aromatic heterocycles. The van der Waals surface area contributed by atoms with Crippen LogP contribution in [0.15, 0.2) is 18.2 Å². The van der Waals surface area contributed by atoms with E-state index in [9.17, 15) is 5.11 Å². The van der Waals surface area contributed by atoms with Gasteiger partial charge in [-0.3, -0.25) is 4.90 Å². The van der Waals surface area contributed by atoms with E-state index in [4.69, 9.17) is 4.74 Å². The maximum Gasteiger partial charge on any atom is 0.127 e. The van der Waals surface area contributed by atoms with E-state index in [2.05, 4.69) is 24.1 Å². The van der Waals surface area contributed by atoms with E-state index in [0.29, 0.717) is 24.6 Å². The molecule has 0 radical (unpaired) electrons. The monoisotopic (exact) mass is 290 g/mol. The minimum Gasteiger partial charge on any atom is -0.508 e. The minimum absolute atomic E-state index is 0.280. The summed E-state index contributed by atoms with van der Waals surface area (Å²) in [6, 6.07) is 6.42. The predicted molar refractivity (Wildman–Crippen MR) is 83.8 cm³/mol. The van der Waals surface area contributed by atoms with Crippen LogP contribution in [0.2, 0.25) is 0 Å². The lowest BCUT2D eigenvalue weighted by molar-refractivity contribution is 0.136. The Labute approximate surface area is 127 Å². The number of ether oxygens (including phenoxy) is 1. The lowest BCUT2D eigenvalue weighted by Crippen LogP contribution is -2.42. The standard InChI is InChI=1S/C17H26N2O2/c1-12(2)9-19(10-13-4-3-7-18-13)16-11-21-17-8-14(20)5-6-15(16)17/h5-6,8,12-13,16,18,20H,3-4,7,9-11H2,1-2H3. The number of nitrogens with zero attached hydrogens (tertiary/aromatic N) is 1. The number of nitrogens with one attached hydrogen (secondary N) is 1. The van der Waals surface area contributed by atoms with Gasteiger partial charge in [0, 0.05) is 30.8 Å². The quantitative estimate of drug-likeness (QED) is 0.875. The van der Waals surface area contributed by atoms with Gasteiger partial charge in [0.15, 0.2) is 0 Å². The molecule has 4 nitrogen and oxygen atoms in total. The first-order valence-electron chi connectivity index (χ1n) is 8.06. The fraction of sp³-hybridized carbons (Fsp3) is 0.647. The fourth-order valence-corrected chi connectivity index (χ4v) is 3.48. The predicted octanol–water partition coefficient (Wildman–Crippen LogP) is 2.54. The second-order valence-electron chi connectivity index (χ2n) is 6.69. The number of hydrogen-bond donors (Lipinski definition) is 2. The van der Waals surface area contributed by atoms with Gasteiger partial charge in [-0.1, -0.05) is 13.8 Å². The molecule has 2 heterocycles. The average molecular weight is 290 g/mol. The van der Waals surface area contributed by atoms with Gasteiger partial charge in [0.05, 0.1) is 6.04 Å². The number of fused-ring (bicyclic) bond motifs is 1. The van der Waals surface area contributed by atoms with Crippen LogP contribution in [-0.4, -0.2) is 42.3 Å². The van der Waals surface area contributed by atoms with E-state index in [1.54, 1.807) is 12.1 Å². The first kappa shape index (κ1) is 14.7. The summed E-state index contributed by atoms with van der Waals surface area (Å²) >= 11 is 0. The van der Waals surface area contributed by atoms with Gasteiger partial charge in [-0.2, -0.15) is 0 Å².